The molecule has 12 heteroatoms. The monoisotopic (exact) mass is 590 g/mol. The molecular weight excluding hydrogens is 563 g/mol. The second-order valence-electron chi connectivity index (χ2n) is 9.83. The lowest BCUT2D eigenvalue weighted by molar-refractivity contribution is -0.145. The van der Waals surface area contributed by atoms with Crippen LogP contribution in [0, 0.1) is 5.82 Å². The Hall–Kier alpha value is -4.49. The van der Waals surface area contributed by atoms with Crippen molar-refractivity contribution in [1.29, 1.82) is 0 Å². The second kappa shape index (κ2) is 11.4. The highest BCUT2D eigenvalue weighted by Gasteiger charge is 2.21. The minimum atomic E-state index is -0.692. The first-order valence-corrected chi connectivity index (χ1v) is 13.9. The predicted molar refractivity (Wildman–Crippen MR) is 156 cm³/mol. The molecule has 0 saturated carbocycles. The molecule has 6 rings (SSSR count). The number of hydrazine groups is 1. The molecule has 2 aromatic heterocycles. The molecular formula is C30H27FN4O6S. The summed E-state index contributed by atoms with van der Waals surface area (Å²) in [5.41, 5.74) is 1.51. The molecule has 0 unspecified atom stereocenters. The Morgan fingerprint density at radius 1 is 0.905 bits per heavy atom. The number of nitrogens with one attached hydrogen (secondary N) is 1. The van der Waals surface area contributed by atoms with Crippen molar-refractivity contribution < 1.29 is 29.3 Å². The summed E-state index contributed by atoms with van der Waals surface area (Å²) >= 11 is 1.15. The number of H-pyrrole nitrogens is 1. The number of ether oxygens (including phenoxy) is 2. The molecule has 3 heterocycles. The van der Waals surface area contributed by atoms with Gasteiger partial charge >= 0.3 is 0 Å². The van der Waals surface area contributed by atoms with E-state index in [4.69, 9.17) is 9.47 Å². The van der Waals surface area contributed by atoms with Crippen molar-refractivity contribution in [2.45, 2.75) is 17.7 Å². The maximum absolute atomic E-state index is 15.3. The number of phenols is 2. The summed E-state index contributed by atoms with van der Waals surface area (Å²) in [5.74, 6) is -0.699. The minimum Gasteiger partial charge on any atom is -0.504 e. The van der Waals surface area contributed by atoms with Gasteiger partial charge in [0.25, 0.3) is 5.56 Å². The Morgan fingerprint density at radius 2 is 1.64 bits per heavy atom. The number of aryl methyl sites for hydroxylation is 1. The van der Waals surface area contributed by atoms with E-state index >= 15 is 4.39 Å². The first kappa shape index (κ1) is 27.7. The van der Waals surface area contributed by atoms with Gasteiger partial charge in [-0.15, -0.1) is 0 Å². The first-order valence-electron chi connectivity index (χ1n) is 13.2. The van der Waals surface area contributed by atoms with Gasteiger partial charge in [0.1, 0.15) is 22.8 Å². The highest BCUT2D eigenvalue weighted by Crippen LogP contribution is 2.41. The molecule has 4 N–H and O–H groups in total. The summed E-state index contributed by atoms with van der Waals surface area (Å²) in [6, 6.07) is 15.1. The number of rotatable bonds is 8. The molecule has 1 fully saturated rings. The van der Waals surface area contributed by atoms with E-state index < -0.39 is 5.82 Å². The van der Waals surface area contributed by atoms with Crippen LogP contribution in [0.15, 0.2) is 82.7 Å². The zero-order chi connectivity index (χ0) is 29.4. The van der Waals surface area contributed by atoms with E-state index in [-0.39, 0.29) is 34.3 Å². The number of hydrogen-bond donors (Lipinski definition) is 4. The van der Waals surface area contributed by atoms with Crippen molar-refractivity contribution >= 4 is 22.9 Å². The van der Waals surface area contributed by atoms with E-state index in [1.54, 1.807) is 37.6 Å². The van der Waals surface area contributed by atoms with Gasteiger partial charge < -0.3 is 29.2 Å². The third kappa shape index (κ3) is 5.52. The van der Waals surface area contributed by atoms with Crippen molar-refractivity contribution in [1.82, 2.24) is 19.1 Å². The zero-order valence-corrected chi connectivity index (χ0v) is 23.3. The number of pyridine rings is 1. The Bertz CT molecular complexity index is 1840. The van der Waals surface area contributed by atoms with Gasteiger partial charge in [-0.25, -0.2) is 9.40 Å². The summed E-state index contributed by atoms with van der Waals surface area (Å²) in [5, 5.41) is 32.4. The Labute approximate surface area is 243 Å². The number of phenolic OH excluding ortho intramolecular Hbond substituents is 2. The molecule has 1 aliphatic heterocycles. The van der Waals surface area contributed by atoms with Crippen LogP contribution in [0.25, 0.3) is 22.0 Å². The Balaban J connectivity index is 1.35. The average molecular weight is 591 g/mol. The summed E-state index contributed by atoms with van der Waals surface area (Å²) in [7, 11) is 1.65. The lowest BCUT2D eigenvalue weighted by Crippen LogP contribution is -2.32. The van der Waals surface area contributed by atoms with Gasteiger partial charge in [-0.05, 0) is 61.4 Å². The van der Waals surface area contributed by atoms with Crippen LogP contribution in [0.1, 0.15) is 12.8 Å². The summed E-state index contributed by atoms with van der Waals surface area (Å²) in [6.45, 7) is 1.52. The number of hydrogen-bond acceptors (Lipinski definition) is 9. The van der Waals surface area contributed by atoms with Crippen molar-refractivity contribution in [2.75, 3.05) is 13.1 Å². The van der Waals surface area contributed by atoms with E-state index in [1.807, 2.05) is 11.1 Å². The van der Waals surface area contributed by atoms with E-state index in [2.05, 4.69) is 4.98 Å². The predicted octanol–water partition coefficient (Wildman–Crippen LogP) is 6.38. The van der Waals surface area contributed by atoms with Gasteiger partial charge in [0.15, 0.2) is 23.1 Å². The lowest BCUT2D eigenvalue weighted by atomic mass is 10.0. The van der Waals surface area contributed by atoms with Crippen molar-refractivity contribution in [3.8, 4) is 45.6 Å². The third-order valence-electron chi connectivity index (χ3n) is 6.95. The van der Waals surface area contributed by atoms with E-state index in [9.17, 15) is 20.2 Å². The number of aromatic nitrogens is 2. The van der Waals surface area contributed by atoms with Gasteiger partial charge in [0.2, 0.25) is 0 Å². The number of aromatic hydroxyl groups is 2. The van der Waals surface area contributed by atoms with Gasteiger partial charge in [-0.3, -0.25) is 10.0 Å². The zero-order valence-electron chi connectivity index (χ0n) is 22.5. The molecule has 1 aliphatic rings. The van der Waals surface area contributed by atoms with Gasteiger partial charge in [-0.2, -0.15) is 0 Å². The molecule has 0 atom stereocenters. The first-order chi connectivity index (χ1) is 20.3. The van der Waals surface area contributed by atoms with E-state index in [0.717, 1.165) is 48.5 Å². The molecule has 5 aromatic rings. The number of halogens is 1. The molecule has 216 valence electrons. The molecule has 10 nitrogen and oxygen atoms in total. The largest absolute Gasteiger partial charge is 0.504 e. The molecule has 1 saturated heterocycles. The molecule has 0 bridgehead atoms. The molecule has 0 aliphatic carbocycles. The summed E-state index contributed by atoms with van der Waals surface area (Å²) in [4.78, 5) is 16.4. The standard InChI is InChI=1S/C30H27FN4O6S/c1-33-17-23(21-10-11-32-29(21)30(33)38)22-16-20(42-35(39)34-12-2-3-13-34)6-9-27(22)41-28-8-5-18(14-24(28)31)40-19-4-7-25(36)26(37)15-19/h4-11,14-17,32,36-37,39H,2-3,12-13H2,1H3. The van der Waals surface area contributed by atoms with Crippen LogP contribution in [-0.2, 0) is 7.05 Å². The van der Waals surface area contributed by atoms with Crippen LogP contribution >= 0.6 is 11.9 Å². The fourth-order valence-corrected chi connectivity index (χ4v) is 5.59. The Kier molecular flexibility index (Phi) is 7.52. The smallest absolute Gasteiger partial charge is 0.274 e. The molecule has 42 heavy (non-hydrogen) atoms. The van der Waals surface area contributed by atoms with Crippen LogP contribution < -0.4 is 15.0 Å². The molecule has 0 amide bonds. The van der Waals surface area contributed by atoms with E-state index in [1.165, 1.54) is 34.9 Å². The van der Waals surface area contributed by atoms with Crippen LogP contribution in [0.4, 0.5) is 4.39 Å². The van der Waals surface area contributed by atoms with Crippen LogP contribution in [0.2, 0.25) is 0 Å². The maximum atomic E-state index is 15.3. The molecule has 3 aromatic carbocycles. The van der Waals surface area contributed by atoms with Crippen molar-refractivity contribution in [3.05, 3.63) is 89.2 Å². The molecule has 0 spiro atoms. The SMILES string of the molecule is Cn1cc(-c2cc(SN(O)N3CCCC3)ccc2Oc2ccc(Oc3ccc(O)c(O)c3)cc2F)c2cc[nH]c2c1=O. The van der Waals surface area contributed by atoms with Gasteiger partial charge in [-0.1, -0.05) is 4.58 Å². The number of nitrogens with zero attached hydrogens (tertiary/aromatic N) is 3. The lowest BCUT2D eigenvalue weighted by Gasteiger charge is -2.24. The fourth-order valence-electron chi connectivity index (χ4n) is 4.82. The third-order valence-corrected chi connectivity index (χ3v) is 7.81. The maximum Gasteiger partial charge on any atom is 0.274 e. The topological polar surface area (TPSA) is 123 Å². The number of fused-ring (bicyclic) bond motifs is 1. The highest BCUT2D eigenvalue weighted by atomic mass is 32.2. The van der Waals surface area contributed by atoms with Crippen LogP contribution in [0.5, 0.6) is 34.5 Å². The normalized spacial score (nSPS) is 13.7. The van der Waals surface area contributed by atoms with Crippen molar-refractivity contribution in [3.63, 3.8) is 0 Å². The number of benzene rings is 3. The summed E-state index contributed by atoms with van der Waals surface area (Å²) < 4.78 is 29.6. The quantitative estimate of drug-likeness (QED) is 0.0926. The highest BCUT2D eigenvalue weighted by molar-refractivity contribution is 7.96. The van der Waals surface area contributed by atoms with E-state index in [0.29, 0.717) is 32.7 Å². The average Bonchev–Trinajstić information content (AvgIpc) is 3.68. The molecule has 0 radical (unpaired) electrons. The van der Waals surface area contributed by atoms with Gasteiger partial charge in [0.05, 0.1) is 0 Å². The summed E-state index contributed by atoms with van der Waals surface area (Å²) in [6.07, 6.45) is 5.40. The van der Waals surface area contributed by atoms with Crippen LogP contribution in [-0.4, -0.2) is 47.6 Å². The second-order valence-corrected chi connectivity index (χ2v) is 10.8. The van der Waals surface area contributed by atoms with Crippen LogP contribution in [0.3, 0.4) is 0 Å². The minimum absolute atomic E-state index is 0.0615. The fraction of sp³-hybridized carbons (Fsp3) is 0.167. The van der Waals surface area contributed by atoms with Gasteiger partial charge in [0, 0.05) is 78.0 Å². The number of aromatic amines is 1. The van der Waals surface area contributed by atoms with Crippen molar-refractivity contribution in [2.24, 2.45) is 7.05 Å². The Morgan fingerprint density at radius 3 is 2.40 bits per heavy atom.